The quantitative estimate of drug-likeness (QED) is 0.862. The molecule has 18 heavy (non-hydrogen) atoms. The van der Waals surface area contributed by atoms with Crippen LogP contribution in [0.2, 0.25) is 0 Å². The molecule has 0 aliphatic heterocycles. The molecule has 1 aromatic rings. The van der Waals surface area contributed by atoms with E-state index in [1.165, 1.54) is 0 Å². The number of aromatic nitrogens is 1. The zero-order valence-corrected chi connectivity index (χ0v) is 10.0. The first-order valence-corrected chi connectivity index (χ1v) is 5.18. The molecule has 0 radical (unpaired) electrons. The highest BCUT2D eigenvalue weighted by Crippen LogP contribution is 2.36. The summed E-state index contributed by atoms with van der Waals surface area (Å²) in [5.74, 6) is -1.52. The number of carboxylic acids is 1. The van der Waals surface area contributed by atoms with Crippen molar-refractivity contribution in [1.82, 2.24) is 4.98 Å². The third-order valence-electron chi connectivity index (χ3n) is 1.91. The predicted molar refractivity (Wildman–Crippen MR) is 53.2 cm³/mol. The lowest BCUT2D eigenvalue weighted by atomic mass is 10.1. The molecule has 0 bridgehead atoms. The first-order valence-electron chi connectivity index (χ1n) is 4.39. The number of hydrogen-bond acceptors (Lipinski definition) is 2. The highest BCUT2D eigenvalue weighted by molar-refractivity contribution is 9.10. The Morgan fingerprint density at radius 1 is 1.44 bits per heavy atom. The fraction of sp³-hybridized carbons (Fsp3) is 0.333. The Hall–Kier alpha value is -1.25. The summed E-state index contributed by atoms with van der Waals surface area (Å²) in [6.45, 7) is 0. The van der Waals surface area contributed by atoms with Crippen molar-refractivity contribution < 1.29 is 31.9 Å². The number of carbonyl (C=O) groups is 1. The topological polar surface area (TPSA) is 50.2 Å². The Morgan fingerprint density at radius 2 is 2.00 bits per heavy atom. The van der Waals surface area contributed by atoms with Gasteiger partial charge in [0.25, 0.3) is 6.43 Å². The van der Waals surface area contributed by atoms with E-state index < -0.39 is 41.9 Å². The van der Waals surface area contributed by atoms with Crippen molar-refractivity contribution >= 4 is 21.9 Å². The van der Waals surface area contributed by atoms with Gasteiger partial charge in [0.1, 0.15) is 11.4 Å². The van der Waals surface area contributed by atoms with E-state index in [4.69, 9.17) is 5.11 Å². The van der Waals surface area contributed by atoms with Crippen LogP contribution >= 0.6 is 15.9 Å². The van der Waals surface area contributed by atoms with Crippen molar-refractivity contribution in [2.75, 3.05) is 0 Å². The van der Waals surface area contributed by atoms with Crippen LogP contribution in [0.1, 0.15) is 23.4 Å². The first kappa shape index (κ1) is 14.8. The Balaban J connectivity index is 3.45. The van der Waals surface area contributed by atoms with Crippen LogP contribution in [0, 0.1) is 0 Å². The Labute approximate surface area is 106 Å². The third-order valence-corrected chi connectivity index (χ3v) is 2.62. The highest BCUT2D eigenvalue weighted by Gasteiger charge is 2.37. The van der Waals surface area contributed by atoms with Crippen LogP contribution in [0.3, 0.4) is 0 Å². The van der Waals surface area contributed by atoms with E-state index in [1.54, 1.807) is 0 Å². The van der Waals surface area contributed by atoms with E-state index >= 15 is 0 Å². The SMILES string of the molecule is O=C(O)Cc1c(Br)cc(C(F)F)nc1C(F)(F)F. The number of rotatable bonds is 3. The summed E-state index contributed by atoms with van der Waals surface area (Å²) in [6.07, 6.45) is -9.15. The number of carboxylic acid groups (broad SMARTS) is 1. The number of nitrogens with zero attached hydrogens (tertiary/aromatic N) is 1. The number of halogens is 6. The molecule has 1 aromatic heterocycles. The van der Waals surface area contributed by atoms with Crippen molar-refractivity contribution in [2.45, 2.75) is 19.0 Å². The van der Waals surface area contributed by atoms with E-state index in [2.05, 4.69) is 20.9 Å². The van der Waals surface area contributed by atoms with Gasteiger partial charge in [0.2, 0.25) is 0 Å². The first-order chi connectivity index (χ1) is 8.12. The molecule has 0 amide bonds. The van der Waals surface area contributed by atoms with E-state index in [0.29, 0.717) is 6.07 Å². The van der Waals surface area contributed by atoms with Gasteiger partial charge < -0.3 is 5.11 Å². The summed E-state index contributed by atoms with van der Waals surface area (Å²) >= 11 is 2.65. The van der Waals surface area contributed by atoms with Gasteiger partial charge in [0, 0.05) is 10.0 Å². The molecule has 1 rings (SSSR count). The minimum Gasteiger partial charge on any atom is -0.481 e. The fourth-order valence-electron chi connectivity index (χ4n) is 1.22. The van der Waals surface area contributed by atoms with Crippen molar-refractivity contribution in [3.8, 4) is 0 Å². The monoisotopic (exact) mass is 333 g/mol. The van der Waals surface area contributed by atoms with Gasteiger partial charge in [-0.25, -0.2) is 13.8 Å². The van der Waals surface area contributed by atoms with Crippen LogP contribution in [0.5, 0.6) is 0 Å². The molecular weight excluding hydrogens is 329 g/mol. The second kappa shape index (κ2) is 5.17. The fourth-order valence-corrected chi connectivity index (χ4v) is 1.79. The molecule has 0 unspecified atom stereocenters. The Bertz CT molecular complexity index is 475. The van der Waals surface area contributed by atoms with Crippen LogP contribution in [0.25, 0.3) is 0 Å². The molecule has 0 aromatic carbocycles. The lowest BCUT2D eigenvalue weighted by Gasteiger charge is -2.14. The van der Waals surface area contributed by atoms with Gasteiger partial charge in [-0.1, -0.05) is 15.9 Å². The summed E-state index contributed by atoms with van der Waals surface area (Å²) in [4.78, 5) is 13.2. The smallest absolute Gasteiger partial charge is 0.433 e. The van der Waals surface area contributed by atoms with E-state index in [-0.39, 0.29) is 4.47 Å². The van der Waals surface area contributed by atoms with Crippen LogP contribution in [-0.4, -0.2) is 16.1 Å². The van der Waals surface area contributed by atoms with Gasteiger partial charge in [-0.15, -0.1) is 0 Å². The largest absolute Gasteiger partial charge is 0.481 e. The number of alkyl halides is 5. The van der Waals surface area contributed by atoms with Crippen LogP contribution < -0.4 is 0 Å². The Morgan fingerprint density at radius 3 is 2.39 bits per heavy atom. The minimum atomic E-state index is -5.00. The average Bonchev–Trinajstić information content (AvgIpc) is 2.17. The second-order valence-electron chi connectivity index (χ2n) is 3.23. The molecule has 9 heteroatoms. The zero-order chi connectivity index (χ0) is 14.1. The number of pyridine rings is 1. The average molecular weight is 334 g/mol. The maximum atomic E-state index is 12.6. The summed E-state index contributed by atoms with van der Waals surface area (Å²) in [7, 11) is 0. The molecule has 0 aliphatic carbocycles. The highest BCUT2D eigenvalue weighted by atomic mass is 79.9. The lowest BCUT2D eigenvalue weighted by Crippen LogP contribution is -2.16. The zero-order valence-electron chi connectivity index (χ0n) is 8.43. The molecule has 3 nitrogen and oxygen atoms in total. The normalized spacial score (nSPS) is 11.9. The van der Waals surface area contributed by atoms with Crippen LogP contribution in [0.4, 0.5) is 22.0 Å². The minimum absolute atomic E-state index is 0.359. The number of hydrogen-bond donors (Lipinski definition) is 1. The number of aliphatic carboxylic acids is 1. The second-order valence-corrected chi connectivity index (χ2v) is 4.08. The molecule has 0 saturated carbocycles. The van der Waals surface area contributed by atoms with Crippen molar-refractivity contribution in [3.05, 3.63) is 27.5 Å². The molecule has 100 valence electrons. The van der Waals surface area contributed by atoms with Crippen molar-refractivity contribution in [3.63, 3.8) is 0 Å². The van der Waals surface area contributed by atoms with Crippen LogP contribution in [-0.2, 0) is 17.4 Å². The predicted octanol–water partition coefficient (Wildman–Crippen LogP) is 3.43. The van der Waals surface area contributed by atoms with Gasteiger partial charge in [0.15, 0.2) is 0 Å². The standard InChI is InChI=1S/C9H5BrF5NO2/c10-4-2-5(8(11)12)16-7(9(13,14)15)3(4)1-6(17)18/h2,8H,1H2,(H,17,18). The van der Waals surface area contributed by atoms with Gasteiger partial charge in [-0.2, -0.15) is 13.2 Å². The van der Waals surface area contributed by atoms with Crippen molar-refractivity contribution in [2.24, 2.45) is 0 Å². The van der Waals surface area contributed by atoms with Gasteiger partial charge >= 0.3 is 12.1 Å². The molecule has 0 fully saturated rings. The molecule has 0 saturated heterocycles. The van der Waals surface area contributed by atoms with Crippen molar-refractivity contribution in [1.29, 1.82) is 0 Å². The third kappa shape index (κ3) is 3.37. The van der Waals surface area contributed by atoms with E-state index in [9.17, 15) is 26.7 Å². The summed E-state index contributed by atoms with van der Waals surface area (Å²) in [5, 5.41) is 8.50. The van der Waals surface area contributed by atoms with Gasteiger partial charge in [0.05, 0.1) is 6.42 Å². The molecule has 1 N–H and O–H groups in total. The van der Waals surface area contributed by atoms with E-state index in [0.717, 1.165) is 0 Å². The Kier molecular flexibility index (Phi) is 4.25. The van der Waals surface area contributed by atoms with Gasteiger partial charge in [-0.3, -0.25) is 4.79 Å². The summed E-state index contributed by atoms with van der Waals surface area (Å²) in [6, 6.07) is 0.679. The van der Waals surface area contributed by atoms with Gasteiger partial charge in [-0.05, 0) is 6.07 Å². The maximum absolute atomic E-state index is 12.6. The molecule has 0 aliphatic rings. The van der Waals surface area contributed by atoms with Crippen LogP contribution in [0.15, 0.2) is 10.5 Å². The molecule has 0 atom stereocenters. The lowest BCUT2D eigenvalue weighted by molar-refractivity contribution is -0.143. The summed E-state index contributed by atoms with van der Waals surface area (Å²) < 4.78 is 62.1. The van der Waals surface area contributed by atoms with E-state index in [1.807, 2.05) is 0 Å². The maximum Gasteiger partial charge on any atom is 0.433 e. The molecule has 1 heterocycles. The summed E-state index contributed by atoms with van der Waals surface area (Å²) in [5.41, 5.74) is -3.36. The molecular formula is C9H5BrF5NO2. The molecule has 0 spiro atoms.